The Hall–Kier alpha value is -4.17. The second-order valence-electron chi connectivity index (χ2n) is 6.83. The summed E-state index contributed by atoms with van der Waals surface area (Å²) in [7, 11) is 1.43. The summed E-state index contributed by atoms with van der Waals surface area (Å²) in [4.78, 5) is 36.2. The van der Waals surface area contributed by atoms with E-state index in [0.717, 1.165) is 5.56 Å². The normalized spacial score (nSPS) is 10.5. The average molecular weight is 466 g/mol. The van der Waals surface area contributed by atoms with Crippen LogP contribution in [-0.2, 0) is 9.59 Å². The van der Waals surface area contributed by atoms with Gasteiger partial charge in [-0.1, -0.05) is 35.4 Å². The van der Waals surface area contributed by atoms with Crippen molar-refractivity contribution in [2.75, 3.05) is 12.4 Å². The van der Waals surface area contributed by atoms with Crippen molar-refractivity contribution < 1.29 is 23.9 Å². The predicted octanol–water partition coefficient (Wildman–Crippen LogP) is 3.97. The maximum atomic E-state index is 12.3. The highest BCUT2D eigenvalue weighted by molar-refractivity contribution is 6.39. The molecule has 9 heteroatoms. The predicted molar refractivity (Wildman–Crippen MR) is 125 cm³/mol. The van der Waals surface area contributed by atoms with Gasteiger partial charge in [0.2, 0.25) is 0 Å². The Morgan fingerprint density at radius 1 is 0.939 bits per heavy atom. The van der Waals surface area contributed by atoms with Crippen LogP contribution >= 0.6 is 11.6 Å². The number of nitrogens with one attached hydrogen (secondary N) is 2. The van der Waals surface area contributed by atoms with Gasteiger partial charge in [0.25, 0.3) is 0 Å². The minimum Gasteiger partial charge on any atom is -0.493 e. The number of amides is 2. The fourth-order valence-electron chi connectivity index (χ4n) is 2.67. The molecule has 0 heterocycles. The van der Waals surface area contributed by atoms with Gasteiger partial charge in [0.15, 0.2) is 11.5 Å². The number of hydrogen-bond donors (Lipinski definition) is 2. The number of aryl methyl sites for hydroxylation is 1. The molecule has 0 aliphatic heterocycles. The number of nitrogens with zero attached hydrogens (tertiary/aromatic N) is 1. The first kappa shape index (κ1) is 23.5. The highest BCUT2D eigenvalue weighted by Crippen LogP contribution is 2.28. The number of halogens is 1. The Labute approximate surface area is 195 Å². The molecule has 3 aromatic carbocycles. The Kier molecular flexibility index (Phi) is 7.77. The zero-order chi connectivity index (χ0) is 23.8. The lowest BCUT2D eigenvalue weighted by molar-refractivity contribution is -0.136. The van der Waals surface area contributed by atoms with Crippen LogP contribution in [0.4, 0.5) is 5.69 Å². The smallest absolute Gasteiger partial charge is 0.343 e. The van der Waals surface area contributed by atoms with Gasteiger partial charge in [-0.3, -0.25) is 9.59 Å². The van der Waals surface area contributed by atoms with Crippen molar-refractivity contribution in [2.24, 2.45) is 5.10 Å². The lowest BCUT2D eigenvalue weighted by Gasteiger charge is -2.10. The summed E-state index contributed by atoms with van der Waals surface area (Å²) in [6.07, 6.45) is 1.32. The van der Waals surface area contributed by atoms with E-state index in [4.69, 9.17) is 21.1 Å². The summed E-state index contributed by atoms with van der Waals surface area (Å²) in [5.74, 6) is -1.85. The van der Waals surface area contributed by atoms with E-state index in [1.807, 2.05) is 19.1 Å². The van der Waals surface area contributed by atoms with Crippen LogP contribution in [0.1, 0.15) is 21.5 Å². The van der Waals surface area contributed by atoms with Gasteiger partial charge in [-0.15, -0.1) is 0 Å². The summed E-state index contributed by atoms with van der Waals surface area (Å²) in [6, 6.07) is 18.1. The zero-order valence-corrected chi connectivity index (χ0v) is 18.6. The van der Waals surface area contributed by atoms with Crippen molar-refractivity contribution in [3.8, 4) is 11.5 Å². The third-order valence-corrected chi connectivity index (χ3v) is 4.58. The molecular formula is C24H20ClN3O5. The Morgan fingerprint density at radius 3 is 2.39 bits per heavy atom. The minimum atomic E-state index is -0.957. The first-order valence-corrected chi connectivity index (χ1v) is 10.1. The molecule has 3 aromatic rings. The number of carbonyl (C=O) groups excluding carboxylic acids is 3. The lowest BCUT2D eigenvalue weighted by atomic mass is 10.1. The van der Waals surface area contributed by atoms with E-state index in [-0.39, 0.29) is 5.75 Å². The van der Waals surface area contributed by atoms with Crippen LogP contribution in [0.5, 0.6) is 11.5 Å². The first-order chi connectivity index (χ1) is 15.9. The standard InChI is InChI=1S/C24H20ClN3O5/c1-15-6-9-17(10-7-15)24(31)33-20-11-8-16(12-21(20)32-2)14-26-28-23(30)22(29)27-19-5-3-4-18(25)13-19/h3-14H,1-2H3,(H,27,29)(H,28,30). The molecule has 33 heavy (non-hydrogen) atoms. The quantitative estimate of drug-likeness (QED) is 0.188. The van der Waals surface area contributed by atoms with E-state index in [1.165, 1.54) is 19.4 Å². The largest absolute Gasteiger partial charge is 0.493 e. The number of hydrazone groups is 1. The summed E-state index contributed by atoms with van der Waals surface area (Å²) in [5.41, 5.74) is 4.50. The monoisotopic (exact) mass is 465 g/mol. The van der Waals surface area contributed by atoms with Gasteiger partial charge in [0, 0.05) is 10.7 Å². The van der Waals surface area contributed by atoms with Crippen molar-refractivity contribution in [3.05, 3.63) is 88.4 Å². The van der Waals surface area contributed by atoms with Crippen molar-refractivity contribution in [2.45, 2.75) is 6.92 Å². The second-order valence-corrected chi connectivity index (χ2v) is 7.27. The van der Waals surface area contributed by atoms with Gasteiger partial charge in [0.1, 0.15) is 0 Å². The maximum absolute atomic E-state index is 12.3. The van der Waals surface area contributed by atoms with Gasteiger partial charge in [-0.2, -0.15) is 5.10 Å². The molecule has 0 aliphatic rings. The molecule has 0 unspecified atom stereocenters. The fraction of sp³-hybridized carbons (Fsp3) is 0.0833. The molecule has 0 saturated heterocycles. The Bertz CT molecular complexity index is 1210. The van der Waals surface area contributed by atoms with Crippen LogP contribution in [0.3, 0.4) is 0 Å². The van der Waals surface area contributed by atoms with Gasteiger partial charge in [-0.25, -0.2) is 10.2 Å². The SMILES string of the molecule is COc1cc(C=NNC(=O)C(=O)Nc2cccc(Cl)c2)ccc1OC(=O)c1ccc(C)cc1. The van der Waals surface area contributed by atoms with Crippen molar-refractivity contribution in [1.29, 1.82) is 0 Å². The molecule has 0 radical (unpaired) electrons. The molecule has 0 bridgehead atoms. The summed E-state index contributed by atoms with van der Waals surface area (Å²) in [5, 5.41) is 6.61. The summed E-state index contributed by atoms with van der Waals surface area (Å²) in [6.45, 7) is 1.92. The number of rotatable bonds is 6. The minimum absolute atomic E-state index is 0.227. The van der Waals surface area contributed by atoms with Gasteiger partial charge < -0.3 is 14.8 Å². The third kappa shape index (κ3) is 6.65. The molecule has 0 saturated carbocycles. The molecule has 168 valence electrons. The van der Waals surface area contributed by atoms with Gasteiger partial charge in [0.05, 0.1) is 18.9 Å². The Balaban J connectivity index is 1.60. The average Bonchev–Trinajstić information content (AvgIpc) is 2.80. The van der Waals surface area contributed by atoms with E-state index < -0.39 is 17.8 Å². The number of carbonyl (C=O) groups is 3. The topological polar surface area (TPSA) is 106 Å². The number of esters is 1. The second kappa shape index (κ2) is 10.9. The highest BCUT2D eigenvalue weighted by Gasteiger charge is 2.14. The molecule has 0 aliphatic carbocycles. The molecule has 3 rings (SSSR count). The van der Waals surface area contributed by atoms with Gasteiger partial charge >= 0.3 is 17.8 Å². The van der Waals surface area contributed by atoms with Crippen molar-refractivity contribution >= 4 is 41.3 Å². The molecule has 2 amide bonds. The van der Waals surface area contributed by atoms with Crippen LogP contribution in [0.25, 0.3) is 0 Å². The molecule has 0 fully saturated rings. The lowest BCUT2D eigenvalue weighted by Crippen LogP contribution is -2.32. The summed E-state index contributed by atoms with van der Waals surface area (Å²) >= 11 is 5.85. The number of methoxy groups -OCH3 is 1. The van der Waals surface area contributed by atoms with Crippen LogP contribution in [0.2, 0.25) is 5.02 Å². The van der Waals surface area contributed by atoms with E-state index in [9.17, 15) is 14.4 Å². The highest BCUT2D eigenvalue weighted by atomic mass is 35.5. The van der Waals surface area contributed by atoms with Crippen LogP contribution in [-0.4, -0.2) is 31.1 Å². The van der Waals surface area contributed by atoms with Gasteiger partial charge in [-0.05, 0) is 61.0 Å². The number of hydrogen-bond acceptors (Lipinski definition) is 6. The fourth-order valence-corrected chi connectivity index (χ4v) is 2.86. The number of ether oxygens (including phenoxy) is 2. The molecule has 0 aromatic heterocycles. The van der Waals surface area contributed by atoms with Crippen molar-refractivity contribution in [3.63, 3.8) is 0 Å². The van der Waals surface area contributed by atoms with Crippen LogP contribution < -0.4 is 20.2 Å². The Morgan fingerprint density at radius 2 is 1.70 bits per heavy atom. The first-order valence-electron chi connectivity index (χ1n) is 9.72. The van der Waals surface area contributed by atoms with E-state index in [2.05, 4.69) is 15.8 Å². The molecule has 2 N–H and O–H groups in total. The maximum Gasteiger partial charge on any atom is 0.343 e. The number of anilines is 1. The van der Waals surface area contributed by atoms with Crippen LogP contribution in [0.15, 0.2) is 71.8 Å². The van der Waals surface area contributed by atoms with E-state index in [1.54, 1.807) is 48.5 Å². The third-order valence-electron chi connectivity index (χ3n) is 4.35. The molecular weight excluding hydrogens is 446 g/mol. The van der Waals surface area contributed by atoms with Crippen molar-refractivity contribution in [1.82, 2.24) is 5.43 Å². The summed E-state index contributed by atoms with van der Waals surface area (Å²) < 4.78 is 10.7. The molecule has 8 nitrogen and oxygen atoms in total. The van der Waals surface area contributed by atoms with Crippen LogP contribution in [0, 0.1) is 6.92 Å². The molecule has 0 spiro atoms. The van der Waals surface area contributed by atoms with E-state index in [0.29, 0.717) is 27.6 Å². The molecule has 0 atom stereocenters. The van der Waals surface area contributed by atoms with E-state index >= 15 is 0 Å². The number of benzene rings is 3. The zero-order valence-electron chi connectivity index (χ0n) is 17.8.